The molecule has 1 rings (SSSR count). The Kier molecular flexibility index (Phi) is 3.58. The van der Waals surface area contributed by atoms with Gasteiger partial charge in [0.05, 0.1) is 0 Å². The van der Waals surface area contributed by atoms with Crippen molar-refractivity contribution in [3.05, 3.63) is 11.6 Å². The SMILES string of the molecule is CCc1nc(CC)n(CC(=O)NN)n1. The van der Waals surface area contributed by atoms with Crippen LogP contribution in [0.3, 0.4) is 0 Å². The number of nitrogens with one attached hydrogen (secondary N) is 1. The molecule has 0 saturated heterocycles. The summed E-state index contributed by atoms with van der Waals surface area (Å²) < 4.78 is 1.58. The van der Waals surface area contributed by atoms with E-state index in [2.05, 4.69) is 15.5 Å². The Hall–Kier alpha value is -1.43. The number of nitrogens with zero attached hydrogens (tertiary/aromatic N) is 3. The summed E-state index contributed by atoms with van der Waals surface area (Å²) in [5.74, 6) is 6.29. The molecule has 0 aliphatic heterocycles. The molecule has 6 heteroatoms. The highest BCUT2D eigenvalue weighted by molar-refractivity contribution is 5.74. The maximum absolute atomic E-state index is 11.0. The van der Waals surface area contributed by atoms with Gasteiger partial charge in [0, 0.05) is 12.8 Å². The molecule has 1 aromatic rings. The molecular formula is C8H15N5O. The standard InChI is InChI=1S/C8H15N5O/c1-3-6-10-7(4-2)13(12-6)5-8(14)11-9/h3-5,9H2,1-2H3,(H,11,14). The first kappa shape index (κ1) is 10.6. The van der Waals surface area contributed by atoms with Crippen molar-refractivity contribution in [2.75, 3.05) is 0 Å². The molecule has 6 nitrogen and oxygen atoms in total. The molecule has 0 atom stereocenters. The van der Waals surface area contributed by atoms with E-state index in [9.17, 15) is 4.79 Å². The Morgan fingerprint density at radius 2 is 2.21 bits per heavy atom. The van der Waals surface area contributed by atoms with Gasteiger partial charge >= 0.3 is 0 Å². The van der Waals surface area contributed by atoms with Crippen molar-refractivity contribution in [1.29, 1.82) is 0 Å². The van der Waals surface area contributed by atoms with Gasteiger partial charge in [0.15, 0.2) is 5.82 Å². The molecule has 0 aromatic carbocycles. The number of aromatic nitrogens is 3. The van der Waals surface area contributed by atoms with E-state index in [0.29, 0.717) is 0 Å². The van der Waals surface area contributed by atoms with Crippen molar-refractivity contribution in [3.63, 3.8) is 0 Å². The molecule has 0 radical (unpaired) electrons. The lowest BCUT2D eigenvalue weighted by Crippen LogP contribution is -2.34. The monoisotopic (exact) mass is 197 g/mol. The van der Waals surface area contributed by atoms with E-state index in [-0.39, 0.29) is 12.5 Å². The van der Waals surface area contributed by atoms with Crippen molar-refractivity contribution in [3.8, 4) is 0 Å². The third-order valence-electron chi connectivity index (χ3n) is 1.88. The van der Waals surface area contributed by atoms with E-state index in [1.54, 1.807) is 4.68 Å². The highest BCUT2D eigenvalue weighted by atomic mass is 16.2. The average Bonchev–Trinajstić information content (AvgIpc) is 2.60. The van der Waals surface area contributed by atoms with Gasteiger partial charge in [-0.25, -0.2) is 15.5 Å². The molecular weight excluding hydrogens is 182 g/mol. The van der Waals surface area contributed by atoms with Gasteiger partial charge in [-0.15, -0.1) is 0 Å². The molecule has 0 spiro atoms. The fourth-order valence-corrected chi connectivity index (χ4v) is 1.15. The van der Waals surface area contributed by atoms with Gasteiger partial charge < -0.3 is 0 Å². The van der Waals surface area contributed by atoms with Crippen molar-refractivity contribution in [2.24, 2.45) is 5.84 Å². The normalized spacial score (nSPS) is 10.2. The summed E-state index contributed by atoms with van der Waals surface area (Å²) in [5.41, 5.74) is 2.06. The molecule has 0 fully saturated rings. The lowest BCUT2D eigenvalue weighted by Gasteiger charge is -2.01. The highest BCUT2D eigenvalue weighted by Crippen LogP contribution is 2.00. The van der Waals surface area contributed by atoms with Crippen LogP contribution in [0.2, 0.25) is 0 Å². The summed E-state index contributed by atoms with van der Waals surface area (Å²) in [6.07, 6.45) is 1.52. The molecule has 0 aliphatic rings. The molecule has 0 aliphatic carbocycles. The fraction of sp³-hybridized carbons (Fsp3) is 0.625. The van der Waals surface area contributed by atoms with Gasteiger partial charge in [-0.1, -0.05) is 13.8 Å². The van der Waals surface area contributed by atoms with Crippen LogP contribution >= 0.6 is 0 Å². The summed E-state index contributed by atoms with van der Waals surface area (Å²) in [6, 6.07) is 0. The third-order valence-corrected chi connectivity index (χ3v) is 1.88. The lowest BCUT2D eigenvalue weighted by molar-refractivity contribution is -0.121. The van der Waals surface area contributed by atoms with E-state index >= 15 is 0 Å². The number of carbonyl (C=O) groups excluding carboxylic acids is 1. The second kappa shape index (κ2) is 4.71. The van der Waals surface area contributed by atoms with Crippen LogP contribution in [-0.4, -0.2) is 20.7 Å². The van der Waals surface area contributed by atoms with Gasteiger partial charge in [0.1, 0.15) is 12.4 Å². The molecule has 78 valence electrons. The molecule has 1 amide bonds. The molecule has 0 bridgehead atoms. The Morgan fingerprint density at radius 1 is 1.50 bits per heavy atom. The quantitative estimate of drug-likeness (QED) is 0.383. The van der Waals surface area contributed by atoms with Crippen LogP contribution in [0.5, 0.6) is 0 Å². The molecule has 3 N–H and O–H groups in total. The molecule has 0 unspecified atom stereocenters. The van der Waals surface area contributed by atoms with E-state index < -0.39 is 0 Å². The van der Waals surface area contributed by atoms with Gasteiger partial charge in [-0.3, -0.25) is 10.2 Å². The van der Waals surface area contributed by atoms with Gasteiger partial charge in [-0.2, -0.15) is 5.10 Å². The number of hydrogen-bond donors (Lipinski definition) is 2. The minimum atomic E-state index is -0.271. The number of nitrogens with two attached hydrogens (primary N) is 1. The largest absolute Gasteiger partial charge is 0.293 e. The first-order valence-corrected chi connectivity index (χ1v) is 4.63. The number of amides is 1. The molecule has 1 heterocycles. The maximum atomic E-state index is 11.0. The van der Waals surface area contributed by atoms with E-state index in [4.69, 9.17) is 5.84 Å². The molecule has 14 heavy (non-hydrogen) atoms. The first-order chi connectivity index (χ1) is 6.71. The van der Waals surface area contributed by atoms with E-state index in [0.717, 1.165) is 24.5 Å². The smallest absolute Gasteiger partial charge is 0.255 e. The topological polar surface area (TPSA) is 85.8 Å². The number of rotatable bonds is 4. The third kappa shape index (κ3) is 2.29. The van der Waals surface area contributed by atoms with Crippen LogP contribution in [0.25, 0.3) is 0 Å². The van der Waals surface area contributed by atoms with Crippen LogP contribution in [0.15, 0.2) is 0 Å². The van der Waals surface area contributed by atoms with E-state index in [1.165, 1.54) is 0 Å². The second-order valence-corrected chi connectivity index (χ2v) is 2.88. The average molecular weight is 197 g/mol. The highest BCUT2D eigenvalue weighted by Gasteiger charge is 2.09. The predicted molar refractivity (Wildman–Crippen MR) is 51.1 cm³/mol. The van der Waals surface area contributed by atoms with Crippen molar-refractivity contribution in [2.45, 2.75) is 33.2 Å². The summed E-state index contributed by atoms with van der Waals surface area (Å²) in [7, 11) is 0. The predicted octanol–water partition coefficient (Wildman–Crippen LogP) is -0.607. The summed E-state index contributed by atoms with van der Waals surface area (Å²) in [6.45, 7) is 4.08. The van der Waals surface area contributed by atoms with Crippen LogP contribution in [-0.2, 0) is 24.2 Å². The molecule has 0 saturated carbocycles. The fourth-order valence-electron chi connectivity index (χ4n) is 1.15. The zero-order valence-electron chi connectivity index (χ0n) is 8.45. The van der Waals surface area contributed by atoms with Crippen LogP contribution in [0, 0.1) is 0 Å². The zero-order valence-corrected chi connectivity index (χ0v) is 8.45. The summed E-state index contributed by atoms with van der Waals surface area (Å²) >= 11 is 0. The first-order valence-electron chi connectivity index (χ1n) is 4.63. The Balaban J connectivity index is 2.83. The number of aryl methyl sites for hydroxylation is 2. The van der Waals surface area contributed by atoms with E-state index in [1.807, 2.05) is 13.8 Å². The van der Waals surface area contributed by atoms with Crippen molar-refractivity contribution < 1.29 is 4.79 Å². The Morgan fingerprint density at radius 3 is 2.71 bits per heavy atom. The van der Waals surface area contributed by atoms with Crippen molar-refractivity contribution >= 4 is 5.91 Å². The van der Waals surface area contributed by atoms with Gasteiger partial charge in [0.25, 0.3) is 5.91 Å². The minimum absolute atomic E-state index is 0.132. The summed E-state index contributed by atoms with van der Waals surface area (Å²) in [4.78, 5) is 15.3. The summed E-state index contributed by atoms with van der Waals surface area (Å²) in [5, 5.41) is 4.18. The number of hydrogen-bond acceptors (Lipinski definition) is 4. The second-order valence-electron chi connectivity index (χ2n) is 2.88. The van der Waals surface area contributed by atoms with Crippen molar-refractivity contribution in [1.82, 2.24) is 20.2 Å². The lowest BCUT2D eigenvalue weighted by atomic mass is 10.4. The van der Waals surface area contributed by atoms with Gasteiger partial charge in [0.2, 0.25) is 0 Å². The Bertz CT molecular complexity index is 320. The minimum Gasteiger partial charge on any atom is -0.293 e. The number of hydrazine groups is 1. The van der Waals surface area contributed by atoms with Crippen LogP contribution in [0.4, 0.5) is 0 Å². The molecule has 1 aromatic heterocycles. The van der Waals surface area contributed by atoms with Gasteiger partial charge in [-0.05, 0) is 0 Å². The zero-order chi connectivity index (χ0) is 10.6. The van der Waals surface area contributed by atoms with Crippen LogP contribution in [0.1, 0.15) is 25.5 Å². The number of carbonyl (C=O) groups is 1. The maximum Gasteiger partial charge on any atom is 0.255 e. The Labute approximate surface area is 82.5 Å². The van der Waals surface area contributed by atoms with Crippen LogP contribution < -0.4 is 11.3 Å².